The summed E-state index contributed by atoms with van der Waals surface area (Å²) in [4.78, 5) is 0. The van der Waals surface area contributed by atoms with Gasteiger partial charge in [-0.25, -0.2) is 0 Å². The van der Waals surface area contributed by atoms with Crippen LogP contribution in [-0.4, -0.2) is 36.8 Å². The van der Waals surface area contributed by atoms with E-state index in [-0.39, 0.29) is 5.84 Å². The van der Waals surface area contributed by atoms with Gasteiger partial charge in [-0.05, 0) is 25.9 Å². The van der Waals surface area contributed by atoms with Gasteiger partial charge >= 0.3 is 0 Å². The van der Waals surface area contributed by atoms with Crippen LogP contribution in [0.3, 0.4) is 0 Å². The maximum Gasteiger partial charge on any atom is 0.171 e. The molecule has 70 valence electrons. The second kappa shape index (κ2) is 3.73. The Kier molecular flexibility index (Phi) is 2.88. The molecule has 1 aliphatic rings. The van der Waals surface area contributed by atoms with Crippen molar-refractivity contribution >= 4 is 5.84 Å². The second-order valence-electron chi connectivity index (χ2n) is 2.93. The highest BCUT2D eigenvalue weighted by Crippen LogP contribution is 2.22. The van der Waals surface area contributed by atoms with Crippen LogP contribution in [0.25, 0.3) is 0 Å². The molecule has 1 saturated heterocycles. The third kappa shape index (κ3) is 1.51. The number of oxime groups is 1. The van der Waals surface area contributed by atoms with Crippen molar-refractivity contribution < 1.29 is 9.94 Å². The number of hydrogen-bond acceptors (Lipinski definition) is 4. The minimum atomic E-state index is -0.556. The van der Waals surface area contributed by atoms with Crippen molar-refractivity contribution in [2.24, 2.45) is 10.9 Å². The van der Waals surface area contributed by atoms with Crippen LogP contribution in [-0.2, 0) is 4.74 Å². The van der Waals surface area contributed by atoms with Gasteiger partial charge < -0.3 is 21.0 Å². The molecule has 5 nitrogen and oxygen atoms in total. The average molecular weight is 173 g/mol. The molecule has 0 amide bonds. The quantitative estimate of drug-likeness (QED) is 0.228. The highest BCUT2D eigenvalue weighted by Gasteiger charge is 2.36. The van der Waals surface area contributed by atoms with Crippen molar-refractivity contribution in [1.29, 1.82) is 0 Å². The fourth-order valence-corrected chi connectivity index (χ4v) is 1.49. The summed E-state index contributed by atoms with van der Waals surface area (Å²) in [6.07, 6.45) is 1.50. The third-order valence-electron chi connectivity index (χ3n) is 2.38. The molecule has 12 heavy (non-hydrogen) atoms. The monoisotopic (exact) mass is 173 g/mol. The zero-order valence-electron chi connectivity index (χ0n) is 7.21. The highest BCUT2D eigenvalue weighted by molar-refractivity contribution is 5.88. The van der Waals surface area contributed by atoms with Crippen molar-refractivity contribution in [3.63, 3.8) is 0 Å². The fourth-order valence-electron chi connectivity index (χ4n) is 1.49. The number of nitrogens with one attached hydrogen (secondary N) is 1. The van der Waals surface area contributed by atoms with Gasteiger partial charge in [-0.1, -0.05) is 5.16 Å². The van der Waals surface area contributed by atoms with Gasteiger partial charge in [-0.2, -0.15) is 0 Å². The molecule has 0 saturated carbocycles. The van der Waals surface area contributed by atoms with Crippen LogP contribution in [0.1, 0.15) is 12.8 Å². The number of hydrogen-bond donors (Lipinski definition) is 3. The maximum absolute atomic E-state index is 8.55. The normalized spacial score (nSPS) is 23.9. The molecule has 1 fully saturated rings. The van der Waals surface area contributed by atoms with E-state index in [4.69, 9.17) is 15.7 Å². The first-order valence-corrected chi connectivity index (χ1v) is 3.99. The van der Waals surface area contributed by atoms with E-state index in [9.17, 15) is 0 Å². The molecule has 0 radical (unpaired) electrons. The van der Waals surface area contributed by atoms with Crippen LogP contribution in [0.4, 0.5) is 0 Å². The molecule has 0 aromatic rings. The standard InChI is InChI=1S/C7H15N3O2/c1-12-7(6(8)10-11)2-4-9-5-3-7/h9,11H,2-5H2,1H3,(H2,8,10). The topological polar surface area (TPSA) is 79.9 Å². The van der Waals surface area contributed by atoms with Gasteiger partial charge in [-0.3, -0.25) is 0 Å². The van der Waals surface area contributed by atoms with Crippen LogP contribution in [0.2, 0.25) is 0 Å². The number of piperidine rings is 1. The second-order valence-corrected chi connectivity index (χ2v) is 2.93. The van der Waals surface area contributed by atoms with Gasteiger partial charge in [0.1, 0.15) is 5.60 Å². The SMILES string of the molecule is COC1(/C(N)=N/O)CCNCC1. The molecule has 0 aliphatic carbocycles. The molecule has 0 spiro atoms. The predicted octanol–water partition coefficient (Wildman–Crippen LogP) is -0.499. The molecule has 1 rings (SSSR count). The Hall–Kier alpha value is -0.810. The predicted molar refractivity (Wildman–Crippen MR) is 45.3 cm³/mol. The molecule has 0 unspecified atom stereocenters. The Morgan fingerprint density at radius 1 is 1.58 bits per heavy atom. The van der Waals surface area contributed by atoms with Gasteiger partial charge in [-0.15, -0.1) is 0 Å². The first-order chi connectivity index (χ1) is 5.75. The summed E-state index contributed by atoms with van der Waals surface area (Å²) in [5.74, 6) is 0.173. The summed E-state index contributed by atoms with van der Waals surface area (Å²) in [6.45, 7) is 1.67. The third-order valence-corrected chi connectivity index (χ3v) is 2.38. The Labute approximate surface area is 71.6 Å². The smallest absolute Gasteiger partial charge is 0.171 e. The number of rotatable bonds is 2. The van der Waals surface area contributed by atoms with Gasteiger partial charge in [0.05, 0.1) is 0 Å². The summed E-state index contributed by atoms with van der Waals surface area (Å²) < 4.78 is 5.28. The molecule has 5 heteroatoms. The van der Waals surface area contributed by atoms with Gasteiger partial charge in [0.15, 0.2) is 5.84 Å². The summed E-state index contributed by atoms with van der Waals surface area (Å²) in [5.41, 5.74) is 4.98. The number of methoxy groups -OCH3 is 1. The van der Waals surface area contributed by atoms with Crippen LogP contribution in [0, 0.1) is 0 Å². The molecule has 0 atom stereocenters. The van der Waals surface area contributed by atoms with Gasteiger partial charge in [0, 0.05) is 7.11 Å². The fraction of sp³-hybridized carbons (Fsp3) is 0.857. The van der Waals surface area contributed by atoms with Gasteiger partial charge in [0.2, 0.25) is 0 Å². The lowest BCUT2D eigenvalue weighted by Crippen LogP contribution is -2.52. The van der Waals surface area contributed by atoms with Crippen LogP contribution >= 0.6 is 0 Å². The van der Waals surface area contributed by atoms with E-state index < -0.39 is 5.60 Å². The molecule has 0 aromatic heterocycles. The molecule has 0 bridgehead atoms. The summed E-state index contributed by atoms with van der Waals surface area (Å²) in [7, 11) is 1.59. The summed E-state index contributed by atoms with van der Waals surface area (Å²) in [6, 6.07) is 0. The molecule has 1 heterocycles. The minimum absolute atomic E-state index is 0.173. The van der Waals surface area contributed by atoms with Crippen molar-refractivity contribution in [2.45, 2.75) is 18.4 Å². The van der Waals surface area contributed by atoms with E-state index in [1.54, 1.807) is 7.11 Å². The van der Waals surface area contributed by atoms with E-state index in [0.29, 0.717) is 0 Å². The molecule has 0 aromatic carbocycles. The maximum atomic E-state index is 8.55. The molecule has 4 N–H and O–H groups in total. The van der Waals surface area contributed by atoms with E-state index in [1.807, 2.05) is 0 Å². The molecular weight excluding hydrogens is 158 g/mol. The first kappa shape index (κ1) is 9.28. The van der Waals surface area contributed by atoms with E-state index >= 15 is 0 Å². The van der Waals surface area contributed by atoms with E-state index in [0.717, 1.165) is 25.9 Å². The molecule has 1 aliphatic heterocycles. The lowest BCUT2D eigenvalue weighted by molar-refractivity contribution is 0.0211. The van der Waals surface area contributed by atoms with Crippen LogP contribution < -0.4 is 11.1 Å². The summed E-state index contributed by atoms with van der Waals surface area (Å²) >= 11 is 0. The Morgan fingerprint density at radius 3 is 2.58 bits per heavy atom. The Balaban J connectivity index is 2.73. The van der Waals surface area contributed by atoms with Crippen molar-refractivity contribution in [3.8, 4) is 0 Å². The Bertz CT molecular complexity index is 175. The zero-order chi connectivity index (χ0) is 9.03. The van der Waals surface area contributed by atoms with Gasteiger partial charge in [0.25, 0.3) is 0 Å². The van der Waals surface area contributed by atoms with Crippen LogP contribution in [0.5, 0.6) is 0 Å². The zero-order valence-corrected chi connectivity index (χ0v) is 7.21. The van der Waals surface area contributed by atoms with E-state index in [2.05, 4.69) is 10.5 Å². The Morgan fingerprint density at radius 2 is 2.17 bits per heavy atom. The number of nitrogens with zero attached hydrogens (tertiary/aromatic N) is 1. The van der Waals surface area contributed by atoms with E-state index in [1.165, 1.54) is 0 Å². The number of nitrogens with two attached hydrogens (primary N) is 1. The molecular formula is C7H15N3O2. The average Bonchev–Trinajstić information content (AvgIpc) is 2.17. The number of ether oxygens (including phenoxy) is 1. The lowest BCUT2D eigenvalue weighted by atomic mass is 9.91. The van der Waals surface area contributed by atoms with Crippen molar-refractivity contribution in [3.05, 3.63) is 0 Å². The lowest BCUT2D eigenvalue weighted by Gasteiger charge is -2.34. The first-order valence-electron chi connectivity index (χ1n) is 3.99. The summed E-state index contributed by atoms with van der Waals surface area (Å²) in [5, 5.41) is 14.7. The number of amidine groups is 1. The largest absolute Gasteiger partial charge is 0.409 e. The van der Waals surface area contributed by atoms with Crippen molar-refractivity contribution in [1.82, 2.24) is 5.32 Å². The van der Waals surface area contributed by atoms with Crippen LogP contribution in [0.15, 0.2) is 5.16 Å². The van der Waals surface area contributed by atoms with Crippen molar-refractivity contribution in [2.75, 3.05) is 20.2 Å². The minimum Gasteiger partial charge on any atom is -0.409 e. The highest BCUT2D eigenvalue weighted by atomic mass is 16.5.